The van der Waals surface area contributed by atoms with Gasteiger partial charge in [-0.2, -0.15) is 13.2 Å². The van der Waals surface area contributed by atoms with Gasteiger partial charge in [0.1, 0.15) is 0 Å². The SMILES string of the molecule is O=C(CSc1ccc(C(F)(F)F)cc1[N+](=O)[O-])Nc1ccccc1N1CCCCC1. The molecular formula is C20H20F3N3O3S. The molecule has 1 heterocycles. The minimum atomic E-state index is -4.68. The van der Waals surface area contributed by atoms with Gasteiger partial charge in [-0.25, -0.2) is 0 Å². The Morgan fingerprint density at radius 3 is 2.50 bits per heavy atom. The highest BCUT2D eigenvalue weighted by molar-refractivity contribution is 8.00. The number of nitro benzene ring substituents is 1. The summed E-state index contributed by atoms with van der Waals surface area (Å²) in [4.78, 5) is 24.9. The number of carbonyl (C=O) groups excluding carboxylic acids is 1. The maximum atomic E-state index is 12.8. The zero-order valence-corrected chi connectivity index (χ0v) is 16.8. The molecule has 2 aromatic rings. The third-order valence-electron chi connectivity index (χ3n) is 4.72. The smallest absolute Gasteiger partial charge is 0.370 e. The monoisotopic (exact) mass is 439 g/mol. The van der Waals surface area contributed by atoms with Gasteiger partial charge in [0, 0.05) is 19.2 Å². The number of benzene rings is 2. The molecule has 0 aromatic heterocycles. The second kappa shape index (κ2) is 9.38. The van der Waals surface area contributed by atoms with Gasteiger partial charge < -0.3 is 10.2 Å². The van der Waals surface area contributed by atoms with Crippen molar-refractivity contribution < 1.29 is 22.9 Å². The van der Waals surface area contributed by atoms with Crippen LogP contribution < -0.4 is 10.2 Å². The van der Waals surface area contributed by atoms with Gasteiger partial charge in [-0.3, -0.25) is 14.9 Å². The van der Waals surface area contributed by atoms with E-state index in [1.54, 1.807) is 12.1 Å². The molecule has 6 nitrogen and oxygen atoms in total. The van der Waals surface area contributed by atoms with E-state index < -0.39 is 28.3 Å². The first-order chi connectivity index (χ1) is 14.3. The van der Waals surface area contributed by atoms with Crippen molar-refractivity contribution in [3.05, 3.63) is 58.1 Å². The van der Waals surface area contributed by atoms with Crippen LogP contribution in [0, 0.1) is 10.1 Å². The highest BCUT2D eigenvalue weighted by Gasteiger charge is 2.33. The number of para-hydroxylation sites is 2. The van der Waals surface area contributed by atoms with Crippen LogP contribution in [0.15, 0.2) is 47.4 Å². The van der Waals surface area contributed by atoms with Crippen molar-refractivity contribution >= 4 is 34.7 Å². The molecule has 2 aromatic carbocycles. The third-order valence-corrected chi connectivity index (χ3v) is 5.78. The summed E-state index contributed by atoms with van der Waals surface area (Å²) in [6.45, 7) is 1.80. The summed E-state index contributed by atoms with van der Waals surface area (Å²) >= 11 is 0.829. The molecule has 1 aliphatic rings. The lowest BCUT2D eigenvalue weighted by Gasteiger charge is -2.30. The quantitative estimate of drug-likeness (QED) is 0.374. The molecule has 0 bridgehead atoms. The van der Waals surface area contributed by atoms with Crippen molar-refractivity contribution in [1.82, 2.24) is 0 Å². The topological polar surface area (TPSA) is 75.5 Å². The lowest BCUT2D eigenvalue weighted by molar-refractivity contribution is -0.388. The van der Waals surface area contributed by atoms with Gasteiger partial charge >= 0.3 is 6.18 Å². The van der Waals surface area contributed by atoms with Gasteiger partial charge in [0.25, 0.3) is 5.69 Å². The molecule has 0 radical (unpaired) electrons. The second-order valence-corrected chi connectivity index (χ2v) is 7.86. The summed E-state index contributed by atoms with van der Waals surface area (Å²) in [5.74, 6) is -0.556. The fraction of sp³-hybridized carbons (Fsp3) is 0.350. The van der Waals surface area contributed by atoms with Crippen LogP contribution in [0.2, 0.25) is 0 Å². The van der Waals surface area contributed by atoms with Gasteiger partial charge in [-0.05, 0) is 43.5 Å². The van der Waals surface area contributed by atoms with Gasteiger partial charge in [0.2, 0.25) is 5.91 Å². The van der Waals surface area contributed by atoms with E-state index in [4.69, 9.17) is 0 Å². The number of hydrogen-bond acceptors (Lipinski definition) is 5. The Kier molecular flexibility index (Phi) is 6.86. The number of amides is 1. The first kappa shape index (κ1) is 21.9. The lowest BCUT2D eigenvalue weighted by Crippen LogP contribution is -2.30. The number of alkyl halides is 3. The van der Waals surface area contributed by atoms with Crippen molar-refractivity contribution in [2.75, 3.05) is 29.1 Å². The van der Waals surface area contributed by atoms with E-state index in [9.17, 15) is 28.1 Å². The zero-order valence-electron chi connectivity index (χ0n) is 15.9. The Hall–Kier alpha value is -2.75. The average molecular weight is 439 g/mol. The zero-order chi connectivity index (χ0) is 21.7. The standard InChI is InChI=1S/C20H20F3N3O3S/c21-20(22,23)14-8-9-18(17(12-14)26(28)29)30-13-19(27)24-15-6-2-3-7-16(15)25-10-4-1-5-11-25/h2-3,6-9,12H,1,4-5,10-11,13H2,(H,24,27). The molecule has 30 heavy (non-hydrogen) atoms. The van der Waals surface area contributed by atoms with Crippen molar-refractivity contribution in [2.45, 2.75) is 30.3 Å². The Bertz CT molecular complexity index is 931. The molecule has 1 fully saturated rings. The second-order valence-electron chi connectivity index (χ2n) is 6.84. The summed E-state index contributed by atoms with van der Waals surface area (Å²) in [6.07, 6.45) is -1.34. The van der Waals surface area contributed by atoms with Crippen LogP contribution in [0.5, 0.6) is 0 Å². The number of thioether (sulfide) groups is 1. The number of nitrogens with zero attached hydrogens (tertiary/aromatic N) is 2. The van der Waals surface area contributed by atoms with Crippen molar-refractivity contribution in [3.63, 3.8) is 0 Å². The Morgan fingerprint density at radius 1 is 1.13 bits per heavy atom. The minimum absolute atomic E-state index is 0.00691. The Labute approximate surface area is 175 Å². The Balaban J connectivity index is 1.69. The fourth-order valence-electron chi connectivity index (χ4n) is 3.28. The molecular weight excluding hydrogens is 419 g/mol. The van der Waals surface area contributed by atoms with Gasteiger partial charge in [0.05, 0.1) is 32.5 Å². The molecule has 0 atom stereocenters. The molecule has 0 spiro atoms. The molecule has 0 aliphatic carbocycles. The molecule has 3 rings (SSSR count). The normalized spacial score (nSPS) is 14.4. The maximum absolute atomic E-state index is 12.8. The molecule has 1 amide bonds. The van der Waals surface area contributed by atoms with Gasteiger partial charge in [-0.1, -0.05) is 12.1 Å². The lowest BCUT2D eigenvalue weighted by atomic mass is 10.1. The minimum Gasteiger partial charge on any atom is -0.370 e. The summed E-state index contributed by atoms with van der Waals surface area (Å²) in [6, 6.07) is 9.70. The summed E-state index contributed by atoms with van der Waals surface area (Å²) in [7, 11) is 0. The van der Waals surface area contributed by atoms with Crippen LogP contribution >= 0.6 is 11.8 Å². The van der Waals surface area contributed by atoms with E-state index in [-0.39, 0.29) is 10.6 Å². The molecule has 0 saturated carbocycles. The molecule has 1 N–H and O–H groups in total. The largest absolute Gasteiger partial charge is 0.416 e. The predicted molar refractivity (Wildman–Crippen MR) is 110 cm³/mol. The summed E-state index contributed by atoms with van der Waals surface area (Å²) in [5, 5.41) is 14.0. The van der Waals surface area contributed by atoms with Crippen LogP contribution in [-0.2, 0) is 11.0 Å². The number of rotatable bonds is 6. The molecule has 0 unspecified atom stereocenters. The van der Waals surface area contributed by atoms with Crippen molar-refractivity contribution in [1.29, 1.82) is 0 Å². The fourth-order valence-corrected chi connectivity index (χ4v) is 4.08. The third kappa shape index (κ3) is 5.44. The van der Waals surface area contributed by atoms with Crippen LogP contribution in [0.1, 0.15) is 24.8 Å². The van der Waals surface area contributed by atoms with Crippen molar-refractivity contribution in [2.24, 2.45) is 0 Å². The number of nitro groups is 1. The summed E-state index contributed by atoms with van der Waals surface area (Å²) in [5.41, 5.74) is -0.210. The van der Waals surface area contributed by atoms with Crippen LogP contribution in [0.3, 0.4) is 0 Å². The first-order valence-corrected chi connectivity index (χ1v) is 10.4. The highest BCUT2D eigenvalue weighted by Crippen LogP contribution is 2.36. The van der Waals surface area contributed by atoms with E-state index in [2.05, 4.69) is 10.2 Å². The van der Waals surface area contributed by atoms with Crippen LogP contribution in [-0.4, -0.2) is 29.7 Å². The van der Waals surface area contributed by atoms with E-state index in [0.717, 1.165) is 55.5 Å². The molecule has 160 valence electrons. The number of halogens is 3. The van der Waals surface area contributed by atoms with E-state index >= 15 is 0 Å². The number of piperidine rings is 1. The molecule has 1 saturated heterocycles. The van der Waals surface area contributed by atoms with E-state index in [1.165, 1.54) is 6.42 Å². The van der Waals surface area contributed by atoms with E-state index in [0.29, 0.717) is 11.8 Å². The summed E-state index contributed by atoms with van der Waals surface area (Å²) < 4.78 is 38.4. The van der Waals surface area contributed by atoms with Crippen LogP contribution in [0.25, 0.3) is 0 Å². The van der Waals surface area contributed by atoms with Gasteiger partial charge in [-0.15, -0.1) is 11.8 Å². The number of hydrogen-bond donors (Lipinski definition) is 1. The molecule has 10 heteroatoms. The van der Waals surface area contributed by atoms with E-state index in [1.807, 2.05) is 12.1 Å². The number of anilines is 2. The molecule has 1 aliphatic heterocycles. The number of nitrogens with one attached hydrogen (secondary N) is 1. The van der Waals surface area contributed by atoms with Gasteiger partial charge in [0.15, 0.2) is 0 Å². The number of carbonyl (C=O) groups is 1. The average Bonchev–Trinajstić information content (AvgIpc) is 2.72. The van der Waals surface area contributed by atoms with Crippen LogP contribution in [0.4, 0.5) is 30.2 Å². The van der Waals surface area contributed by atoms with Crippen molar-refractivity contribution in [3.8, 4) is 0 Å². The maximum Gasteiger partial charge on any atom is 0.416 e. The predicted octanol–water partition coefficient (Wildman–Crippen LogP) is 5.33. The highest BCUT2D eigenvalue weighted by atomic mass is 32.2. The first-order valence-electron chi connectivity index (χ1n) is 9.38. The Morgan fingerprint density at radius 2 is 1.83 bits per heavy atom.